The number of carboxylic acids is 1. The average molecular weight is 283 g/mol. The van der Waals surface area contributed by atoms with E-state index in [9.17, 15) is 9.90 Å². The molecule has 0 fully saturated rings. The summed E-state index contributed by atoms with van der Waals surface area (Å²) in [6.07, 6.45) is 3.27. The molecule has 6 heteroatoms. The third-order valence-electron chi connectivity index (χ3n) is 3.05. The van der Waals surface area contributed by atoms with Crippen LogP contribution in [0.15, 0.2) is 36.7 Å². The number of hydrogen-bond donors (Lipinski definition) is 1. The molecule has 106 valence electrons. The minimum atomic E-state index is -1.04. The molecule has 0 aliphatic carbocycles. The fraction of sp³-hybridized carbons (Fsp3) is 0.133. The second-order valence-corrected chi connectivity index (χ2v) is 4.75. The van der Waals surface area contributed by atoms with Crippen LogP contribution in [0.2, 0.25) is 0 Å². The number of hydrogen-bond acceptors (Lipinski definition) is 4. The number of aryl methyl sites for hydroxylation is 2. The van der Waals surface area contributed by atoms with E-state index in [0.29, 0.717) is 11.4 Å². The van der Waals surface area contributed by atoms with Crippen LogP contribution in [0.5, 0.6) is 11.6 Å². The molecular weight excluding hydrogens is 270 g/mol. The van der Waals surface area contributed by atoms with Gasteiger partial charge < -0.3 is 9.84 Å². The molecule has 0 unspecified atom stereocenters. The summed E-state index contributed by atoms with van der Waals surface area (Å²) in [6.45, 7) is 3.70. The Morgan fingerprint density at radius 1 is 1.29 bits per heavy atom. The number of nitrogens with zero attached hydrogens (tertiary/aromatic N) is 3. The van der Waals surface area contributed by atoms with E-state index in [2.05, 4.69) is 10.1 Å². The highest BCUT2D eigenvalue weighted by atomic mass is 16.5. The Kier molecular flexibility index (Phi) is 3.06. The van der Waals surface area contributed by atoms with Gasteiger partial charge >= 0.3 is 5.97 Å². The number of carboxylic acid groups (broad SMARTS) is 1. The maximum atomic E-state index is 11.3. The van der Waals surface area contributed by atoms with Crippen LogP contribution in [-0.2, 0) is 0 Å². The summed E-state index contributed by atoms with van der Waals surface area (Å²) in [5, 5.41) is 13.5. The SMILES string of the molecule is Cc1ccc(Oc2nccn3nc(C)cc23)c(C(=O)O)c1. The van der Waals surface area contributed by atoms with Crippen molar-refractivity contribution in [2.75, 3.05) is 0 Å². The number of ether oxygens (including phenoxy) is 1. The van der Waals surface area contributed by atoms with Crippen molar-refractivity contribution < 1.29 is 14.6 Å². The first-order valence-corrected chi connectivity index (χ1v) is 6.37. The van der Waals surface area contributed by atoms with E-state index in [-0.39, 0.29) is 11.3 Å². The van der Waals surface area contributed by atoms with Crippen LogP contribution in [0.4, 0.5) is 0 Å². The fourth-order valence-electron chi connectivity index (χ4n) is 2.10. The van der Waals surface area contributed by atoms with Gasteiger partial charge in [-0.3, -0.25) is 0 Å². The van der Waals surface area contributed by atoms with Gasteiger partial charge in [0.2, 0.25) is 5.88 Å². The topological polar surface area (TPSA) is 76.7 Å². The average Bonchev–Trinajstić information content (AvgIpc) is 2.82. The lowest BCUT2D eigenvalue weighted by Crippen LogP contribution is -2.02. The van der Waals surface area contributed by atoms with Crippen LogP contribution >= 0.6 is 0 Å². The zero-order chi connectivity index (χ0) is 15.0. The molecule has 1 aromatic carbocycles. The van der Waals surface area contributed by atoms with Gasteiger partial charge in [-0.1, -0.05) is 11.6 Å². The first-order valence-electron chi connectivity index (χ1n) is 6.37. The van der Waals surface area contributed by atoms with Gasteiger partial charge in [-0.05, 0) is 32.0 Å². The predicted octanol–water partition coefficient (Wildman–Crippen LogP) is 2.84. The zero-order valence-electron chi connectivity index (χ0n) is 11.6. The van der Waals surface area contributed by atoms with Crippen molar-refractivity contribution in [1.82, 2.24) is 14.6 Å². The molecule has 0 atom stereocenters. The molecule has 1 N–H and O–H groups in total. The summed E-state index contributed by atoms with van der Waals surface area (Å²) in [5.74, 6) is -0.456. The summed E-state index contributed by atoms with van der Waals surface area (Å²) in [4.78, 5) is 15.5. The Morgan fingerprint density at radius 3 is 2.86 bits per heavy atom. The zero-order valence-corrected chi connectivity index (χ0v) is 11.6. The maximum absolute atomic E-state index is 11.3. The van der Waals surface area contributed by atoms with E-state index >= 15 is 0 Å². The first-order chi connectivity index (χ1) is 10.0. The molecule has 0 amide bonds. The molecule has 0 aliphatic rings. The minimum Gasteiger partial charge on any atom is -0.478 e. The molecule has 0 saturated heterocycles. The summed E-state index contributed by atoms with van der Waals surface area (Å²) in [7, 11) is 0. The summed E-state index contributed by atoms with van der Waals surface area (Å²) in [6, 6.07) is 6.83. The Labute approximate surface area is 120 Å². The van der Waals surface area contributed by atoms with Gasteiger partial charge in [-0.25, -0.2) is 14.3 Å². The lowest BCUT2D eigenvalue weighted by atomic mass is 10.1. The van der Waals surface area contributed by atoms with Crippen LogP contribution in [-0.4, -0.2) is 25.7 Å². The van der Waals surface area contributed by atoms with Gasteiger partial charge in [0.05, 0.1) is 5.69 Å². The quantitative estimate of drug-likeness (QED) is 0.799. The van der Waals surface area contributed by atoms with Crippen LogP contribution in [0, 0.1) is 13.8 Å². The molecule has 0 aliphatic heterocycles. The van der Waals surface area contributed by atoms with Crippen molar-refractivity contribution in [3.8, 4) is 11.6 Å². The minimum absolute atomic E-state index is 0.107. The Bertz CT molecular complexity index is 839. The smallest absolute Gasteiger partial charge is 0.339 e. The second kappa shape index (κ2) is 4.90. The third kappa shape index (κ3) is 2.43. The number of rotatable bonds is 3. The Morgan fingerprint density at radius 2 is 2.10 bits per heavy atom. The van der Waals surface area contributed by atoms with Gasteiger partial charge in [0, 0.05) is 12.4 Å². The van der Waals surface area contributed by atoms with Crippen LogP contribution in [0.3, 0.4) is 0 Å². The number of fused-ring (bicyclic) bond motifs is 1. The van der Waals surface area contributed by atoms with Crippen molar-refractivity contribution in [2.45, 2.75) is 13.8 Å². The normalized spacial score (nSPS) is 10.8. The molecule has 3 aromatic rings. The molecule has 6 nitrogen and oxygen atoms in total. The number of aromatic nitrogens is 3. The first kappa shape index (κ1) is 13.1. The van der Waals surface area contributed by atoms with Gasteiger partial charge in [-0.15, -0.1) is 0 Å². The van der Waals surface area contributed by atoms with Crippen LogP contribution in [0.1, 0.15) is 21.6 Å². The molecule has 0 saturated carbocycles. The molecule has 2 aromatic heterocycles. The van der Waals surface area contributed by atoms with E-state index in [0.717, 1.165) is 11.3 Å². The van der Waals surface area contributed by atoms with Crippen LogP contribution < -0.4 is 4.74 Å². The summed E-state index contributed by atoms with van der Waals surface area (Å²) >= 11 is 0. The standard InChI is InChI=1S/C15H13N3O3/c1-9-3-4-13(11(7-9)15(19)20)21-14-12-8-10(2)17-18(12)6-5-16-14/h3-8H,1-2H3,(H,19,20). The monoisotopic (exact) mass is 283 g/mol. The lowest BCUT2D eigenvalue weighted by Gasteiger charge is -2.09. The highest BCUT2D eigenvalue weighted by Crippen LogP contribution is 2.28. The van der Waals surface area contributed by atoms with Crippen molar-refractivity contribution in [2.24, 2.45) is 0 Å². The Hall–Kier alpha value is -2.89. The number of aromatic carboxylic acids is 1. The van der Waals surface area contributed by atoms with Gasteiger partial charge in [0.15, 0.2) is 0 Å². The van der Waals surface area contributed by atoms with E-state index in [1.165, 1.54) is 0 Å². The fourth-order valence-corrected chi connectivity index (χ4v) is 2.10. The van der Waals surface area contributed by atoms with E-state index in [1.807, 2.05) is 19.9 Å². The number of benzene rings is 1. The van der Waals surface area contributed by atoms with Gasteiger partial charge in [0.25, 0.3) is 0 Å². The van der Waals surface area contributed by atoms with Crippen molar-refractivity contribution in [3.63, 3.8) is 0 Å². The molecular formula is C15H13N3O3. The van der Waals surface area contributed by atoms with Crippen molar-refractivity contribution >= 4 is 11.5 Å². The third-order valence-corrected chi connectivity index (χ3v) is 3.05. The van der Waals surface area contributed by atoms with Crippen molar-refractivity contribution in [3.05, 3.63) is 53.5 Å². The second-order valence-electron chi connectivity index (χ2n) is 4.75. The molecule has 0 bridgehead atoms. The Balaban J connectivity index is 2.08. The van der Waals surface area contributed by atoms with E-state index in [4.69, 9.17) is 4.74 Å². The van der Waals surface area contributed by atoms with Crippen LogP contribution in [0.25, 0.3) is 5.52 Å². The predicted molar refractivity (Wildman–Crippen MR) is 75.9 cm³/mol. The van der Waals surface area contributed by atoms with E-state index in [1.54, 1.807) is 35.1 Å². The molecule has 0 radical (unpaired) electrons. The maximum Gasteiger partial charge on any atom is 0.339 e. The number of carbonyl (C=O) groups is 1. The summed E-state index contributed by atoms with van der Waals surface area (Å²) < 4.78 is 7.34. The highest BCUT2D eigenvalue weighted by Gasteiger charge is 2.15. The molecule has 0 spiro atoms. The molecule has 21 heavy (non-hydrogen) atoms. The largest absolute Gasteiger partial charge is 0.478 e. The highest BCUT2D eigenvalue weighted by molar-refractivity contribution is 5.91. The van der Waals surface area contributed by atoms with E-state index < -0.39 is 5.97 Å². The van der Waals surface area contributed by atoms with Crippen molar-refractivity contribution in [1.29, 1.82) is 0 Å². The molecule has 2 heterocycles. The lowest BCUT2D eigenvalue weighted by molar-refractivity contribution is 0.0694. The van der Waals surface area contributed by atoms with Gasteiger partial charge in [-0.2, -0.15) is 5.10 Å². The summed E-state index contributed by atoms with van der Waals surface area (Å²) in [5.41, 5.74) is 2.48. The van der Waals surface area contributed by atoms with Gasteiger partial charge in [0.1, 0.15) is 16.8 Å². The molecule has 3 rings (SSSR count).